The number of rotatable bonds is 6. The molecule has 0 aliphatic rings. The molecule has 0 aliphatic carbocycles. The van der Waals surface area contributed by atoms with Crippen LogP contribution in [0.3, 0.4) is 0 Å². The molecule has 1 unspecified atom stereocenters. The van der Waals surface area contributed by atoms with Crippen LogP contribution < -0.4 is 5.32 Å². The third kappa shape index (κ3) is 3.94. The van der Waals surface area contributed by atoms with E-state index in [4.69, 9.17) is 0 Å². The second-order valence-electron chi connectivity index (χ2n) is 6.76. The van der Waals surface area contributed by atoms with Gasteiger partial charge in [0.1, 0.15) is 10.8 Å². The molecule has 1 atom stereocenters. The summed E-state index contributed by atoms with van der Waals surface area (Å²) in [5, 5.41) is 10.1. The Bertz CT molecular complexity index is 1020. The first-order valence-corrected chi connectivity index (χ1v) is 10.6. The van der Waals surface area contributed by atoms with Gasteiger partial charge in [-0.25, -0.2) is 9.97 Å². The Labute approximate surface area is 165 Å². The fourth-order valence-corrected chi connectivity index (χ4v) is 4.50. The van der Waals surface area contributed by atoms with E-state index < -0.39 is 0 Å². The van der Waals surface area contributed by atoms with E-state index in [1.54, 1.807) is 22.7 Å². The van der Waals surface area contributed by atoms with Gasteiger partial charge in [0.05, 0.1) is 29.2 Å². The van der Waals surface area contributed by atoms with Crippen molar-refractivity contribution in [2.45, 2.75) is 26.3 Å². The van der Waals surface area contributed by atoms with Crippen LogP contribution in [0.4, 0.5) is 0 Å². The first kappa shape index (κ1) is 17.9. The maximum atomic E-state index is 12.6. The van der Waals surface area contributed by atoms with Crippen molar-refractivity contribution >= 4 is 39.6 Å². The van der Waals surface area contributed by atoms with Crippen LogP contribution in [0.1, 0.15) is 31.4 Å². The lowest BCUT2D eigenvalue weighted by Gasteiger charge is -2.20. The lowest BCUT2D eigenvalue weighted by molar-refractivity contribution is -0.121. The van der Waals surface area contributed by atoms with E-state index >= 15 is 0 Å². The summed E-state index contributed by atoms with van der Waals surface area (Å²) in [5.41, 5.74) is 3.80. The summed E-state index contributed by atoms with van der Waals surface area (Å²) in [7, 11) is 0. The van der Waals surface area contributed by atoms with Crippen LogP contribution in [0.5, 0.6) is 0 Å². The molecule has 0 aliphatic heterocycles. The zero-order valence-electron chi connectivity index (χ0n) is 15.1. The molecular weight excluding hydrogens is 376 g/mol. The Kier molecular flexibility index (Phi) is 5.05. The highest BCUT2D eigenvalue weighted by Gasteiger charge is 2.22. The van der Waals surface area contributed by atoms with Crippen LogP contribution in [-0.2, 0) is 11.2 Å². The number of benzene rings is 1. The van der Waals surface area contributed by atoms with E-state index in [-0.39, 0.29) is 24.3 Å². The number of H-pyrrole nitrogens is 1. The average molecular weight is 397 g/mol. The molecule has 5 nitrogen and oxygen atoms in total. The third-order valence-corrected chi connectivity index (χ3v) is 5.97. The molecule has 0 radical (unpaired) electrons. The SMILES string of the molecule is CC(C)C(NC(=O)Cc1csc(-c2ccsc2)n1)c1nc2ccccc2[nH]1. The molecule has 4 aromatic rings. The Morgan fingerprint density at radius 1 is 1.19 bits per heavy atom. The van der Waals surface area contributed by atoms with Crippen molar-refractivity contribution in [2.75, 3.05) is 0 Å². The standard InChI is InChI=1S/C20H20N4OS2/c1-12(2)18(19-22-15-5-3-4-6-16(15)23-19)24-17(25)9-14-11-27-20(21-14)13-7-8-26-10-13/h3-8,10-12,18H,9H2,1-2H3,(H,22,23)(H,24,25). The van der Waals surface area contributed by atoms with Gasteiger partial charge < -0.3 is 10.3 Å². The van der Waals surface area contributed by atoms with Crippen molar-refractivity contribution in [3.8, 4) is 10.6 Å². The van der Waals surface area contributed by atoms with Crippen molar-refractivity contribution in [3.63, 3.8) is 0 Å². The number of carbonyl (C=O) groups excluding carboxylic acids is 1. The predicted molar refractivity (Wildman–Crippen MR) is 111 cm³/mol. The number of fused-ring (bicyclic) bond motifs is 1. The Hall–Kier alpha value is -2.51. The second-order valence-corrected chi connectivity index (χ2v) is 8.40. The number of carbonyl (C=O) groups is 1. The van der Waals surface area contributed by atoms with Gasteiger partial charge in [-0.3, -0.25) is 4.79 Å². The molecule has 0 saturated carbocycles. The van der Waals surface area contributed by atoms with Gasteiger partial charge in [0, 0.05) is 16.3 Å². The van der Waals surface area contributed by atoms with E-state index in [1.165, 1.54) is 0 Å². The molecule has 138 valence electrons. The maximum absolute atomic E-state index is 12.6. The highest BCUT2D eigenvalue weighted by atomic mass is 32.1. The van der Waals surface area contributed by atoms with Gasteiger partial charge in [0.15, 0.2) is 0 Å². The van der Waals surface area contributed by atoms with E-state index in [2.05, 4.69) is 39.5 Å². The highest BCUT2D eigenvalue weighted by Crippen LogP contribution is 2.26. The lowest BCUT2D eigenvalue weighted by Crippen LogP contribution is -2.33. The summed E-state index contributed by atoms with van der Waals surface area (Å²) >= 11 is 3.22. The summed E-state index contributed by atoms with van der Waals surface area (Å²) in [6.45, 7) is 4.16. The Balaban J connectivity index is 1.48. The third-order valence-electron chi connectivity index (χ3n) is 4.35. The number of hydrogen-bond donors (Lipinski definition) is 2. The number of nitrogens with one attached hydrogen (secondary N) is 2. The minimum Gasteiger partial charge on any atom is -0.346 e. The summed E-state index contributed by atoms with van der Waals surface area (Å²) in [6.07, 6.45) is 0.268. The van der Waals surface area contributed by atoms with Crippen LogP contribution in [0.25, 0.3) is 21.6 Å². The number of amides is 1. The maximum Gasteiger partial charge on any atom is 0.226 e. The molecule has 0 spiro atoms. The molecule has 0 bridgehead atoms. The van der Waals surface area contributed by atoms with Gasteiger partial charge in [-0.05, 0) is 29.5 Å². The number of thiophene rings is 1. The summed E-state index contributed by atoms with van der Waals surface area (Å²) < 4.78 is 0. The molecule has 4 rings (SSSR count). The molecule has 7 heteroatoms. The van der Waals surface area contributed by atoms with Crippen molar-refractivity contribution < 1.29 is 4.79 Å². The summed E-state index contributed by atoms with van der Waals surface area (Å²) in [6, 6.07) is 9.77. The largest absolute Gasteiger partial charge is 0.346 e. The number of thiazole rings is 1. The lowest BCUT2D eigenvalue weighted by atomic mass is 10.0. The van der Waals surface area contributed by atoms with E-state index in [1.807, 2.05) is 41.1 Å². The second kappa shape index (κ2) is 7.62. The Morgan fingerprint density at radius 2 is 2.04 bits per heavy atom. The van der Waals surface area contributed by atoms with E-state index in [0.717, 1.165) is 33.1 Å². The van der Waals surface area contributed by atoms with Gasteiger partial charge in [0.25, 0.3) is 0 Å². The number of aromatic nitrogens is 3. The van der Waals surface area contributed by atoms with Crippen LogP contribution in [0.2, 0.25) is 0 Å². The van der Waals surface area contributed by atoms with Crippen LogP contribution in [-0.4, -0.2) is 20.9 Å². The first-order chi connectivity index (χ1) is 13.1. The van der Waals surface area contributed by atoms with Gasteiger partial charge in [-0.15, -0.1) is 11.3 Å². The smallest absolute Gasteiger partial charge is 0.226 e. The minimum atomic E-state index is -0.167. The van der Waals surface area contributed by atoms with Gasteiger partial charge in [0.2, 0.25) is 5.91 Å². The molecule has 0 fully saturated rings. The zero-order valence-corrected chi connectivity index (χ0v) is 16.7. The van der Waals surface area contributed by atoms with Gasteiger partial charge >= 0.3 is 0 Å². The molecule has 2 N–H and O–H groups in total. The van der Waals surface area contributed by atoms with Crippen molar-refractivity contribution in [1.82, 2.24) is 20.3 Å². The fourth-order valence-electron chi connectivity index (χ4n) is 2.97. The number of para-hydroxylation sites is 2. The number of hydrogen-bond acceptors (Lipinski definition) is 5. The van der Waals surface area contributed by atoms with Crippen molar-refractivity contribution in [3.05, 3.63) is 58.0 Å². The summed E-state index contributed by atoms with van der Waals surface area (Å²) in [4.78, 5) is 25.2. The number of nitrogens with zero attached hydrogens (tertiary/aromatic N) is 2. The highest BCUT2D eigenvalue weighted by molar-refractivity contribution is 7.14. The number of aromatic amines is 1. The molecule has 1 aromatic carbocycles. The number of imidazole rings is 1. The van der Waals surface area contributed by atoms with Crippen molar-refractivity contribution in [2.24, 2.45) is 5.92 Å². The monoisotopic (exact) mass is 396 g/mol. The Morgan fingerprint density at radius 3 is 2.78 bits per heavy atom. The van der Waals surface area contributed by atoms with Crippen LogP contribution >= 0.6 is 22.7 Å². The van der Waals surface area contributed by atoms with Crippen LogP contribution in [0, 0.1) is 5.92 Å². The molecule has 27 heavy (non-hydrogen) atoms. The van der Waals surface area contributed by atoms with Gasteiger partial charge in [-0.2, -0.15) is 11.3 Å². The van der Waals surface area contributed by atoms with E-state index in [9.17, 15) is 4.79 Å². The minimum absolute atomic E-state index is 0.0451. The molecule has 3 heterocycles. The fraction of sp³-hybridized carbons (Fsp3) is 0.250. The molecule has 1 amide bonds. The normalized spacial score (nSPS) is 12.6. The van der Waals surface area contributed by atoms with Gasteiger partial charge in [-0.1, -0.05) is 26.0 Å². The molecule has 3 aromatic heterocycles. The summed E-state index contributed by atoms with van der Waals surface area (Å²) in [5.74, 6) is 0.958. The van der Waals surface area contributed by atoms with Crippen molar-refractivity contribution in [1.29, 1.82) is 0 Å². The first-order valence-electron chi connectivity index (χ1n) is 8.81. The zero-order chi connectivity index (χ0) is 18.8. The predicted octanol–water partition coefficient (Wildman–Crippen LogP) is 4.80. The quantitative estimate of drug-likeness (QED) is 0.492. The molecule has 0 saturated heterocycles. The average Bonchev–Trinajstić information content (AvgIpc) is 3.38. The van der Waals surface area contributed by atoms with E-state index in [0.29, 0.717) is 0 Å². The molecular formula is C20H20N4OS2. The van der Waals surface area contributed by atoms with Crippen LogP contribution in [0.15, 0.2) is 46.5 Å². The topological polar surface area (TPSA) is 70.7 Å².